The van der Waals surface area contributed by atoms with Crippen molar-refractivity contribution in [1.82, 2.24) is 0 Å². The van der Waals surface area contributed by atoms with Crippen LogP contribution in [0.5, 0.6) is 0 Å². The molecule has 0 aromatic heterocycles. The minimum Gasteiger partial charge on any atom is -0.481 e. The molecule has 0 spiro atoms. The van der Waals surface area contributed by atoms with Crippen LogP contribution in [0, 0.1) is 0 Å². The first-order chi connectivity index (χ1) is 4.54. The molecule has 0 amide bonds. The van der Waals surface area contributed by atoms with E-state index in [1.54, 1.807) is 6.92 Å². The summed E-state index contributed by atoms with van der Waals surface area (Å²) >= 11 is 0. The first-order valence-corrected chi connectivity index (χ1v) is 4.77. The van der Waals surface area contributed by atoms with Crippen molar-refractivity contribution in [3.63, 3.8) is 0 Å². The maximum Gasteiger partial charge on any atom is 0.305 e. The smallest absolute Gasteiger partial charge is 0.305 e. The largest absolute Gasteiger partial charge is 0.481 e. The van der Waals surface area contributed by atoms with E-state index in [0.29, 0.717) is 0 Å². The van der Waals surface area contributed by atoms with Crippen LogP contribution in [0.25, 0.3) is 0 Å². The maximum atomic E-state index is 10.3. The van der Waals surface area contributed by atoms with Crippen LogP contribution in [0.4, 0.5) is 0 Å². The number of carboxylic acids is 1. The molecule has 0 aromatic rings. The third kappa shape index (κ3) is 4.52. The van der Waals surface area contributed by atoms with Gasteiger partial charge in [0, 0.05) is 6.10 Å². The van der Waals surface area contributed by atoms with Gasteiger partial charge in [-0.2, -0.15) is 0 Å². The van der Waals surface area contributed by atoms with Gasteiger partial charge in [0.15, 0.2) is 9.76 Å². The van der Waals surface area contributed by atoms with E-state index in [1.807, 2.05) is 13.8 Å². The number of carboxylic acid groups (broad SMARTS) is 1. The second-order valence-electron chi connectivity index (χ2n) is 2.62. The topological polar surface area (TPSA) is 46.5 Å². The van der Waals surface area contributed by atoms with Crippen LogP contribution in [0.1, 0.15) is 20.8 Å². The summed E-state index contributed by atoms with van der Waals surface area (Å²) in [5, 5.41) is 8.45. The van der Waals surface area contributed by atoms with Crippen LogP contribution >= 0.6 is 0 Å². The molecular formula is C6H14O3Si. The van der Waals surface area contributed by atoms with Crippen molar-refractivity contribution < 1.29 is 14.3 Å². The Hall–Kier alpha value is -0.353. The van der Waals surface area contributed by atoms with Crippen molar-refractivity contribution in [2.75, 3.05) is 0 Å². The summed E-state index contributed by atoms with van der Waals surface area (Å²) in [5.41, 5.74) is -0.262. The van der Waals surface area contributed by atoms with Crippen molar-refractivity contribution in [3.8, 4) is 0 Å². The zero-order chi connectivity index (χ0) is 8.15. The molecule has 60 valence electrons. The summed E-state index contributed by atoms with van der Waals surface area (Å²) < 4.78 is 5.22. The van der Waals surface area contributed by atoms with Gasteiger partial charge >= 0.3 is 5.97 Å². The average Bonchev–Trinajstić information content (AvgIpc) is 1.82. The minimum atomic E-state index is -0.859. The van der Waals surface area contributed by atoms with E-state index in [0.717, 1.165) is 0 Å². The Morgan fingerprint density at radius 1 is 1.50 bits per heavy atom. The Morgan fingerprint density at radius 3 is 2.30 bits per heavy atom. The van der Waals surface area contributed by atoms with Gasteiger partial charge in [-0.15, -0.1) is 0 Å². The number of carbonyl (C=O) groups is 1. The van der Waals surface area contributed by atoms with Gasteiger partial charge in [-0.3, -0.25) is 4.79 Å². The molecule has 0 fully saturated rings. The van der Waals surface area contributed by atoms with Gasteiger partial charge in [0.05, 0.1) is 5.54 Å². The Balaban J connectivity index is 3.40. The van der Waals surface area contributed by atoms with Gasteiger partial charge in [-0.25, -0.2) is 0 Å². The highest BCUT2D eigenvalue weighted by Gasteiger charge is 2.11. The third-order valence-corrected chi connectivity index (χ3v) is 2.81. The summed E-state index contributed by atoms with van der Waals surface area (Å²) in [4.78, 5) is 10.3. The lowest BCUT2D eigenvalue weighted by Gasteiger charge is -2.09. The standard InChI is InChI=1S/C6H14O3Si/c1-4(2)9-10-5(3)6(7)8/h4-5H,10H2,1-3H3,(H,7,8). The molecule has 0 saturated carbocycles. The Labute approximate surface area is 63.3 Å². The fourth-order valence-electron chi connectivity index (χ4n) is 0.408. The second kappa shape index (κ2) is 4.46. The zero-order valence-corrected chi connectivity index (χ0v) is 8.04. The van der Waals surface area contributed by atoms with Crippen LogP contribution in [0.15, 0.2) is 0 Å². The molecule has 1 N–H and O–H groups in total. The SMILES string of the molecule is CC(C)O[SiH2]C(C)C(=O)O. The number of hydrogen-bond acceptors (Lipinski definition) is 2. The van der Waals surface area contributed by atoms with E-state index in [2.05, 4.69) is 0 Å². The highest BCUT2D eigenvalue weighted by Crippen LogP contribution is 2.01. The van der Waals surface area contributed by atoms with Crippen LogP contribution in [-0.2, 0) is 9.22 Å². The minimum absolute atomic E-state index is 0.175. The number of hydrogen-bond donors (Lipinski definition) is 1. The molecule has 0 aliphatic heterocycles. The van der Waals surface area contributed by atoms with Gasteiger partial charge in [0.2, 0.25) is 0 Å². The predicted octanol–water partition coefficient (Wildman–Crippen LogP) is 0.388. The summed E-state index contributed by atoms with van der Waals surface area (Å²) in [6.45, 7) is 5.53. The molecule has 0 bridgehead atoms. The molecule has 3 nitrogen and oxygen atoms in total. The average molecular weight is 162 g/mol. The monoisotopic (exact) mass is 162 g/mol. The molecule has 10 heavy (non-hydrogen) atoms. The molecule has 0 saturated heterocycles. The zero-order valence-electron chi connectivity index (χ0n) is 6.63. The van der Waals surface area contributed by atoms with Crippen LogP contribution in [-0.4, -0.2) is 26.9 Å². The predicted molar refractivity (Wildman–Crippen MR) is 41.8 cm³/mol. The van der Waals surface area contributed by atoms with E-state index in [1.165, 1.54) is 0 Å². The Morgan fingerprint density at radius 2 is 2.00 bits per heavy atom. The highest BCUT2D eigenvalue weighted by atomic mass is 28.2. The molecule has 1 unspecified atom stereocenters. The van der Waals surface area contributed by atoms with Gasteiger partial charge in [0.25, 0.3) is 0 Å². The number of rotatable bonds is 4. The molecular weight excluding hydrogens is 148 g/mol. The van der Waals surface area contributed by atoms with Crippen molar-refractivity contribution in [1.29, 1.82) is 0 Å². The maximum absolute atomic E-state index is 10.3. The molecule has 0 radical (unpaired) electrons. The van der Waals surface area contributed by atoms with Crippen molar-refractivity contribution in [2.45, 2.75) is 32.4 Å². The quantitative estimate of drug-likeness (QED) is 0.608. The Kier molecular flexibility index (Phi) is 4.30. The van der Waals surface area contributed by atoms with Gasteiger partial charge in [-0.1, -0.05) is 6.92 Å². The van der Waals surface area contributed by atoms with Gasteiger partial charge in [0.1, 0.15) is 0 Å². The fraction of sp³-hybridized carbons (Fsp3) is 0.833. The summed E-state index contributed by atoms with van der Waals surface area (Å²) in [6.07, 6.45) is 0.175. The lowest BCUT2D eigenvalue weighted by atomic mass is 10.5. The highest BCUT2D eigenvalue weighted by molar-refractivity contribution is 6.36. The van der Waals surface area contributed by atoms with Crippen molar-refractivity contribution in [2.24, 2.45) is 0 Å². The van der Waals surface area contributed by atoms with Crippen LogP contribution in [0.2, 0.25) is 5.54 Å². The van der Waals surface area contributed by atoms with Crippen LogP contribution in [0.3, 0.4) is 0 Å². The summed E-state index contributed by atoms with van der Waals surface area (Å²) in [5.74, 6) is -0.743. The second-order valence-corrected chi connectivity index (χ2v) is 4.51. The Bertz CT molecular complexity index is 114. The fourth-order valence-corrected chi connectivity index (χ4v) is 1.22. The van der Waals surface area contributed by atoms with Crippen LogP contribution < -0.4 is 0 Å². The molecule has 1 atom stereocenters. The lowest BCUT2D eigenvalue weighted by molar-refractivity contribution is -0.136. The molecule has 0 heterocycles. The number of aliphatic carboxylic acids is 1. The molecule has 4 heteroatoms. The molecule has 0 aliphatic carbocycles. The molecule has 0 aromatic carbocycles. The first-order valence-electron chi connectivity index (χ1n) is 3.38. The van der Waals surface area contributed by atoms with E-state index in [-0.39, 0.29) is 11.6 Å². The first kappa shape index (κ1) is 9.65. The third-order valence-electron chi connectivity index (χ3n) is 1.10. The normalized spacial score (nSPS) is 14.8. The summed E-state index contributed by atoms with van der Waals surface area (Å²) in [7, 11) is -0.859. The van der Waals surface area contributed by atoms with Gasteiger partial charge in [-0.05, 0) is 13.8 Å². The van der Waals surface area contributed by atoms with E-state index < -0.39 is 15.7 Å². The molecule has 0 aliphatic rings. The van der Waals surface area contributed by atoms with E-state index in [9.17, 15) is 4.79 Å². The van der Waals surface area contributed by atoms with E-state index >= 15 is 0 Å². The van der Waals surface area contributed by atoms with Crippen molar-refractivity contribution >= 4 is 15.7 Å². The lowest BCUT2D eigenvalue weighted by Crippen LogP contribution is -2.17. The molecule has 0 rings (SSSR count). The van der Waals surface area contributed by atoms with Crippen molar-refractivity contribution in [3.05, 3.63) is 0 Å². The van der Waals surface area contributed by atoms with Gasteiger partial charge < -0.3 is 9.53 Å². The van der Waals surface area contributed by atoms with E-state index in [4.69, 9.17) is 9.53 Å². The summed E-state index contributed by atoms with van der Waals surface area (Å²) in [6, 6.07) is 0.